The second kappa shape index (κ2) is 7.23. The summed E-state index contributed by atoms with van der Waals surface area (Å²) in [5.74, 6) is -0.118. The quantitative estimate of drug-likeness (QED) is 0.770. The number of benzene rings is 2. The third kappa shape index (κ3) is 3.79. The zero-order valence-electron chi connectivity index (χ0n) is 13.1. The van der Waals surface area contributed by atoms with Crippen molar-refractivity contribution in [1.82, 2.24) is 9.97 Å². The molecule has 122 valence electrons. The van der Waals surface area contributed by atoms with Crippen molar-refractivity contribution in [2.45, 2.75) is 6.61 Å². The summed E-state index contributed by atoms with van der Waals surface area (Å²) in [6, 6.07) is 16.5. The smallest absolute Gasteiger partial charge is 0.338 e. The number of carboxylic acids is 1. The number of nitriles is 1. The van der Waals surface area contributed by atoms with Crippen LogP contribution in [-0.2, 0) is 6.61 Å². The molecular formula is C19H13N3O3. The van der Waals surface area contributed by atoms with E-state index in [-0.39, 0.29) is 5.56 Å². The van der Waals surface area contributed by atoms with Gasteiger partial charge in [-0.05, 0) is 29.8 Å². The number of aromatic carboxylic acids is 1. The number of hydrogen-bond donors (Lipinski definition) is 1. The van der Waals surface area contributed by atoms with Crippen LogP contribution in [0.1, 0.15) is 21.5 Å². The van der Waals surface area contributed by atoms with Gasteiger partial charge in [-0.1, -0.05) is 24.3 Å². The SMILES string of the molecule is N#Cc1cccc(COc2ccccc2-c2ncc(C(=O)O)cn2)c1. The highest BCUT2D eigenvalue weighted by Gasteiger charge is 2.11. The highest BCUT2D eigenvalue weighted by Crippen LogP contribution is 2.27. The second-order valence-corrected chi connectivity index (χ2v) is 5.20. The molecule has 0 aliphatic carbocycles. The lowest BCUT2D eigenvalue weighted by Gasteiger charge is -2.11. The molecule has 3 aromatic rings. The molecule has 3 rings (SSSR count). The summed E-state index contributed by atoms with van der Waals surface area (Å²) in [5, 5.41) is 17.9. The van der Waals surface area contributed by atoms with Crippen molar-refractivity contribution in [2.75, 3.05) is 0 Å². The standard InChI is InChI=1S/C19H13N3O3/c20-9-13-4-3-5-14(8-13)12-25-17-7-2-1-6-16(17)18-21-10-15(11-22-18)19(23)24/h1-8,10-11H,12H2,(H,23,24). The molecule has 0 saturated heterocycles. The molecule has 0 atom stereocenters. The largest absolute Gasteiger partial charge is 0.488 e. The Balaban J connectivity index is 1.83. The molecule has 0 fully saturated rings. The lowest BCUT2D eigenvalue weighted by Crippen LogP contribution is -2.01. The molecule has 0 radical (unpaired) electrons. The summed E-state index contributed by atoms with van der Waals surface area (Å²) in [7, 11) is 0. The fraction of sp³-hybridized carbons (Fsp3) is 0.0526. The molecule has 1 heterocycles. The summed E-state index contributed by atoms with van der Waals surface area (Å²) in [5.41, 5.74) is 2.13. The summed E-state index contributed by atoms with van der Waals surface area (Å²) in [6.07, 6.45) is 2.52. The van der Waals surface area contributed by atoms with Gasteiger partial charge < -0.3 is 9.84 Å². The Morgan fingerprint density at radius 2 is 1.88 bits per heavy atom. The molecule has 6 heteroatoms. The average Bonchev–Trinajstić information content (AvgIpc) is 2.67. The molecule has 1 aromatic heterocycles. The fourth-order valence-electron chi connectivity index (χ4n) is 2.25. The Morgan fingerprint density at radius 1 is 1.12 bits per heavy atom. The number of carboxylic acid groups (broad SMARTS) is 1. The van der Waals surface area contributed by atoms with E-state index in [1.807, 2.05) is 18.2 Å². The van der Waals surface area contributed by atoms with Crippen molar-refractivity contribution < 1.29 is 14.6 Å². The van der Waals surface area contributed by atoms with Gasteiger partial charge in [-0.25, -0.2) is 14.8 Å². The van der Waals surface area contributed by atoms with Gasteiger partial charge in [0.25, 0.3) is 0 Å². The van der Waals surface area contributed by atoms with Crippen LogP contribution in [0.25, 0.3) is 11.4 Å². The number of hydrogen-bond acceptors (Lipinski definition) is 5. The van der Waals surface area contributed by atoms with Crippen LogP contribution >= 0.6 is 0 Å². The maximum Gasteiger partial charge on any atom is 0.338 e. The van der Waals surface area contributed by atoms with E-state index in [0.29, 0.717) is 29.3 Å². The minimum absolute atomic E-state index is 0.0236. The number of carbonyl (C=O) groups is 1. The van der Waals surface area contributed by atoms with Gasteiger partial charge in [-0.2, -0.15) is 5.26 Å². The van der Waals surface area contributed by atoms with Crippen LogP contribution in [0.5, 0.6) is 5.75 Å². The van der Waals surface area contributed by atoms with Crippen molar-refractivity contribution in [3.05, 3.63) is 77.6 Å². The number of nitrogens with zero attached hydrogens (tertiary/aromatic N) is 3. The lowest BCUT2D eigenvalue weighted by atomic mass is 10.1. The first-order chi connectivity index (χ1) is 12.2. The van der Waals surface area contributed by atoms with E-state index >= 15 is 0 Å². The molecule has 0 aliphatic heterocycles. The highest BCUT2D eigenvalue weighted by atomic mass is 16.5. The average molecular weight is 331 g/mol. The van der Waals surface area contributed by atoms with Crippen molar-refractivity contribution >= 4 is 5.97 Å². The summed E-state index contributed by atoms with van der Waals surface area (Å²) in [6.45, 7) is 0.291. The van der Waals surface area contributed by atoms with Crippen LogP contribution in [0.2, 0.25) is 0 Å². The van der Waals surface area contributed by atoms with E-state index in [4.69, 9.17) is 15.1 Å². The summed E-state index contributed by atoms with van der Waals surface area (Å²) in [4.78, 5) is 19.1. The molecule has 0 unspecified atom stereocenters. The van der Waals surface area contributed by atoms with Gasteiger partial charge in [-0.15, -0.1) is 0 Å². The zero-order valence-corrected chi connectivity index (χ0v) is 13.1. The maximum absolute atomic E-state index is 10.9. The Labute approximate surface area is 144 Å². The van der Waals surface area contributed by atoms with Crippen LogP contribution in [0.3, 0.4) is 0 Å². The van der Waals surface area contributed by atoms with E-state index in [0.717, 1.165) is 5.56 Å². The van der Waals surface area contributed by atoms with Gasteiger partial charge in [0.15, 0.2) is 5.82 Å². The molecule has 1 N–H and O–H groups in total. The minimum atomic E-state index is -1.08. The maximum atomic E-state index is 10.9. The van der Waals surface area contributed by atoms with Gasteiger partial charge in [0.1, 0.15) is 12.4 Å². The summed E-state index contributed by atoms with van der Waals surface area (Å²) < 4.78 is 5.85. The van der Waals surface area contributed by atoms with E-state index in [9.17, 15) is 4.79 Å². The van der Waals surface area contributed by atoms with Gasteiger partial charge in [0.05, 0.1) is 22.8 Å². The molecule has 25 heavy (non-hydrogen) atoms. The van der Waals surface area contributed by atoms with E-state index in [1.165, 1.54) is 12.4 Å². The minimum Gasteiger partial charge on any atom is -0.488 e. The zero-order chi connectivity index (χ0) is 17.6. The van der Waals surface area contributed by atoms with Crippen LogP contribution in [0.4, 0.5) is 0 Å². The van der Waals surface area contributed by atoms with E-state index in [1.54, 1.807) is 30.3 Å². The van der Waals surface area contributed by atoms with Crippen molar-refractivity contribution in [1.29, 1.82) is 5.26 Å². The molecule has 6 nitrogen and oxygen atoms in total. The Morgan fingerprint density at radius 3 is 2.60 bits per heavy atom. The molecule has 0 saturated carbocycles. The normalized spacial score (nSPS) is 10.0. The Kier molecular flexibility index (Phi) is 4.67. The van der Waals surface area contributed by atoms with E-state index in [2.05, 4.69) is 16.0 Å². The third-order valence-corrected chi connectivity index (χ3v) is 3.48. The van der Waals surface area contributed by atoms with Crippen molar-refractivity contribution in [3.63, 3.8) is 0 Å². The lowest BCUT2D eigenvalue weighted by molar-refractivity contribution is 0.0696. The Bertz CT molecular complexity index is 947. The number of para-hydroxylation sites is 1. The first kappa shape index (κ1) is 16.1. The van der Waals surface area contributed by atoms with Gasteiger partial charge in [-0.3, -0.25) is 0 Å². The Hall–Kier alpha value is -3.72. The van der Waals surface area contributed by atoms with E-state index < -0.39 is 5.97 Å². The topological polar surface area (TPSA) is 96.1 Å². The third-order valence-electron chi connectivity index (χ3n) is 3.48. The fourth-order valence-corrected chi connectivity index (χ4v) is 2.25. The molecular weight excluding hydrogens is 318 g/mol. The number of aromatic nitrogens is 2. The molecule has 0 bridgehead atoms. The van der Waals surface area contributed by atoms with Gasteiger partial charge >= 0.3 is 5.97 Å². The second-order valence-electron chi connectivity index (χ2n) is 5.20. The molecule has 0 amide bonds. The highest BCUT2D eigenvalue weighted by molar-refractivity contribution is 5.87. The van der Waals surface area contributed by atoms with Gasteiger partial charge in [0, 0.05) is 12.4 Å². The predicted molar refractivity (Wildman–Crippen MR) is 89.9 cm³/mol. The monoisotopic (exact) mass is 331 g/mol. The summed E-state index contributed by atoms with van der Waals surface area (Å²) >= 11 is 0. The van der Waals surface area contributed by atoms with Gasteiger partial charge in [0.2, 0.25) is 0 Å². The molecule has 2 aromatic carbocycles. The predicted octanol–water partition coefficient (Wildman–Crippen LogP) is 3.29. The van der Waals surface area contributed by atoms with Crippen LogP contribution < -0.4 is 4.74 Å². The van der Waals surface area contributed by atoms with Crippen LogP contribution in [0, 0.1) is 11.3 Å². The van der Waals surface area contributed by atoms with Crippen LogP contribution in [0.15, 0.2) is 60.9 Å². The molecule has 0 spiro atoms. The van der Waals surface area contributed by atoms with Crippen molar-refractivity contribution in [3.8, 4) is 23.2 Å². The molecule has 0 aliphatic rings. The number of rotatable bonds is 5. The van der Waals surface area contributed by atoms with Crippen LogP contribution in [-0.4, -0.2) is 21.0 Å². The first-order valence-electron chi connectivity index (χ1n) is 7.44. The first-order valence-corrected chi connectivity index (χ1v) is 7.44. The van der Waals surface area contributed by atoms with Crippen molar-refractivity contribution in [2.24, 2.45) is 0 Å². The number of ether oxygens (including phenoxy) is 1.